The molecule has 0 aromatic heterocycles. The third kappa shape index (κ3) is 4.63. The standard InChI is InChI=1S/C13H20N2O3/c1-13(2,3)18-12(17)15-10-4-5-11(14)9(8-10)6-7-16/h4-5,8,16H,6-7,14H2,1-3H3,(H,15,17). The molecule has 0 saturated heterocycles. The molecule has 5 nitrogen and oxygen atoms in total. The predicted octanol–water partition coefficient (Wildman–Crippen LogP) is 2.15. The molecule has 18 heavy (non-hydrogen) atoms. The van der Waals surface area contributed by atoms with Crippen molar-refractivity contribution in [2.45, 2.75) is 32.8 Å². The second-order valence-electron chi connectivity index (χ2n) is 5.01. The number of amides is 1. The summed E-state index contributed by atoms with van der Waals surface area (Å²) in [6.07, 6.45) is -0.0578. The number of aliphatic hydroxyl groups is 1. The average molecular weight is 252 g/mol. The van der Waals surface area contributed by atoms with Gasteiger partial charge in [-0.1, -0.05) is 0 Å². The minimum atomic E-state index is -0.536. The fraction of sp³-hybridized carbons (Fsp3) is 0.462. The fourth-order valence-electron chi connectivity index (χ4n) is 1.44. The molecular weight excluding hydrogens is 232 g/mol. The molecule has 100 valence electrons. The maximum absolute atomic E-state index is 11.6. The number of anilines is 2. The fourth-order valence-corrected chi connectivity index (χ4v) is 1.44. The molecule has 1 amide bonds. The molecule has 0 aliphatic rings. The van der Waals surface area contributed by atoms with Gasteiger partial charge in [-0.2, -0.15) is 0 Å². The lowest BCUT2D eigenvalue weighted by atomic mass is 10.1. The van der Waals surface area contributed by atoms with Gasteiger partial charge >= 0.3 is 6.09 Å². The molecule has 0 aliphatic carbocycles. The van der Waals surface area contributed by atoms with Crippen molar-refractivity contribution in [2.24, 2.45) is 0 Å². The summed E-state index contributed by atoms with van der Waals surface area (Å²) in [4.78, 5) is 11.6. The summed E-state index contributed by atoms with van der Waals surface area (Å²) in [6, 6.07) is 5.12. The Morgan fingerprint density at radius 3 is 2.67 bits per heavy atom. The SMILES string of the molecule is CC(C)(C)OC(=O)Nc1ccc(N)c(CCO)c1. The van der Waals surface area contributed by atoms with Gasteiger partial charge in [-0.15, -0.1) is 0 Å². The summed E-state index contributed by atoms with van der Waals surface area (Å²) in [7, 11) is 0. The highest BCUT2D eigenvalue weighted by atomic mass is 16.6. The van der Waals surface area contributed by atoms with E-state index in [0.717, 1.165) is 5.56 Å². The Morgan fingerprint density at radius 2 is 2.11 bits per heavy atom. The van der Waals surface area contributed by atoms with Gasteiger partial charge in [0.25, 0.3) is 0 Å². The van der Waals surface area contributed by atoms with E-state index in [2.05, 4.69) is 5.32 Å². The van der Waals surface area contributed by atoms with Crippen LogP contribution in [-0.4, -0.2) is 23.4 Å². The number of hydrogen-bond donors (Lipinski definition) is 3. The number of benzene rings is 1. The van der Waals surface area contributed by atoms with Gasteiger partial charge in [0, 0.05) is 18.0 Å². The lowest BCUT2D eigenvalue weighted by Crippen LogP contribution is -2.27. The Kier molecular flexibility index (Phi) is 4.55. The monoisotopic (exact) mass is 252 g/mol. The minimum absolute atomic E-state index is 0.0140. The highest BCUT2D eigenvalue weighted by molar-refractivity contribution is 5.85. The zero-order valence-electron chi connectivity index (χ0n) is 11.0. The lowest BCUT2D eigenvalue weighted by Gasteiger charge is -2.20. The number of nitrogens with one attached hydrogen (secondary N) is 1. The zero-order valence-corrected chi connectivity index (χ0v) is 11.0. The van der Waals surface area contributed by atoms with Crippen LogP contribution in [0.5, 0.6) is 0 Å². The van der Waals surface area contributed by atoms with E-state index in [0.29, 0.717) is 17.8 Å². The van der Waals surface area contributed by atoms with E-state index in [-0.39, 0.29) is 6.61 Å². The largest absolute Gasteiger partial charge is 0.444 e. The number of carbonyl (C=O) groups is 1. The third-order valence-corrected chi connectivity index (χ3v) is 2.17. The second-order valence-corrected chi connectivity index (χ2v) is 5.01. The number of nitrogens with two attached hydrogens (primary N) is 1. The average Bonchev–Trinajstić information content (AvgIpc) is 2.20. The van der Waals surface area contributed by atoms with Crippen LogP contribution in [0, 0.1) is 0 Å². The van der Waals surface area contributed by atoms with Crippen LogP contribution in [-0.2, 0) is 11.2 Å². The highest BCUT2D eigenvalue weighted by Crippen LogP contribution is 2.19. The summed E-state index contributed by atoms with van der Waals surface area (Å²) in [5.41, 5.74) is 7.21. The summed E-state index contributed by atoms with van der Waals surface area (Å²) >= 11 is 0. The van der Waals surface area contributed by atoms with Crippen molar-refractivity contribution in [3.05, 3.63) is 23.8 Å². The maximum atomic E-state index is 11.6. The lowest BCUT2D eigenvalue weighted by molar-refractivity contribution is 0.0636. The quantitative estimate of drug-likeness (QED) is 0.720. The van der Waals surface area contributed by atoms with Crippen molar-refractivity contribution in [1.82, 2.24) is 0 Å². The summed E-state index contributed by atoms with van der Waals surface area (Å²) in [5, 5.41) is 11.5. The Balaban J connectivity index is 2.73. The molecule has 0 atom stereocenters. The number of nitrogen functional groups attached to an aromatic ring is 1. The normalized spacial score (nSPS) is 11.1. The molecule has 0 saturated carbocycles. The predicted molar refractivity (Wildman–Crippen MR) is 71.5 cm³/mol. The van der Waals surface area contributed by atoms with E-state index in [1.165, 1.54) is 0 Å². The van der Waals surface area contributed by atoms with E-state index >= 15 is 0 Å². The number of hydrogen-bond acceptors (Lipinski definition) is 4. The van der Waals surface area contributed by atoms with E-state index in [4.69, 9.17) is 15.6 Å². The molecule has 0 radical (unpaired) electrons. The molecule has 0 unspecified atom stereocenters. The van der Waals surface area contributed by atoms with Crippen LogP contribution in [0.3, 0.4) is 0 Å². The van der Waals surface area contributed by atoms with Crippen molar-refractivity contribution in [2.75, 3.05) is 17.7 Å². The van der Waals surface area contributed by atoms with Crippen LogP contribution < -0.4 is 11.1 Å². The van der Waals surface area contributed by atoms with Crippen molar-refractivity contribution in [1.29, 1.82) is 0 Å². The van der Waals surface area contributed by atoms with Crippen molar-refractivity contribution >= 4 is 17.5 Å². The Morgan fingerprint density at radius 1 is 1.44 bits per heavy atom. The topological polar surface area (TPSA) is 84.6 Å². The summed E-state index contributed by atoms with van der Waals surface area (Å²) < 4.78 is 5.14. The van der Waals surface area contributed by atoms with Crippen molar-refractivity contribution < 1.29 is 14.6 Å². The second kappa shape index (κ2) is 5.73. The molecule has 0 aliphatic heterocycles. The van der Waals surface area contributed by atoms with Gasteiger partial charge < -0.3 is 15.6 Å². The summed E-state index contributed by atoms with van der Waals surface area (Å²) in [5.74, 6) is 0. The molecular formula is C13H20N2O3. The Hall–Kier alpha value is -1.75. The smallest absolute Gasteiger partial charge is 0.412 e. The van der Waals surface area contributed by atoms with Crippen LogP contribution in [0.4, 0.5) is 16.2 Å². The van der Waals surface area contributed by atoms with E-state index in [1.807, 2.05) is 0 Å². The van der Waals surface area contributed by atoms with Gasteiger partial charge in [0.05, 0.1) is 0 Å². The summed E-state index contributed by atoms with van der Waals surface area (Å²) in [6.45, 7) is 5.41. The van der Waals surface area contributed by atoms with Crippen LogP contribution >= 0.6 is 0 Å². The van der Waals surface area contributed by atoms with E-state index in [1.54, 1.807) is 39.0 Å². The minimum Gasteiger partial charge on any atom is -0.444 e. The van der Waals surface area contributed by atoms with Gasteiger partial charge in [-0.05, 0) is 51.0 Å². The molecule has 0 spiro atoms. The first-order chi connectivity index (χ1) is 8.31. The first-order valence-corrected chi connectivity index (χ1v) is 5.81. The van der Waals surface area contributed by atoms with Gasteiger partial charge in [0.2, 0.25) is 0 Å². The highest BCUT2D eigenvalue weighted by Gasteiger charge is 2.16. The van der Waals surface area contributed by atoms with Crippen LogP contribution in [0.1, 0.15) is 26.3 Å². The number of rotatable bonds is 3. The number of ether oxygens (including phenoxy) is 1. The number of aliphatic hydroxyl groups excluding tert-OH is 1. The van der Waals surface area contributed by atoms with Gasteiger partial charge in [0.15, 0.2) is 0 Å². The van der Waals surface area contributed by atoms with Crippen LogP contribution in [0.15, 0.2) is 18.2 Å². The molecule has 5 heteroatoms. The van der Waals surface area contributed by atoms with Crippen LogP contribution in [0.25, 0.3) is 0 Å². The maximum Gasteiger partial charge on any atom is 0.412 e. The Bertz CT molecular complexity index is 425. The first kappa shape index (κ1) is 14.3. The van der Waals surface area contributed by atoms with Gasteiger partial charge in [-0.25, -0.2) is 4.79 Å². The molecule has 1 rings (SSSR count). The molecule has 1 aromatic carbocycles. The van der Waals surface area contributed by atoms with Crippen LogP contribution in [0.2, 0.25) is 0 Å². The number of carbonyl (C=O) groups excluding carboxylic acids is 1. The Labute approximate surface area is 107 Å². The third-order valence-electron chi connectivity index (χ3n) is 2.17. The van der Waals surface area contributed by atoms with Crippen molar-refractivity contribution in [3.63, 3.8) is 0 Å². The molecule has 0 heterocycles. The van der Waals surface area contributed by atoms with Crippen molar-refractivity contribution in [3.8, 4) is 0 Å². The molecule has 1 aromatic rings. The molecule has 0 fully saturated rings. The van der Waals surface area contributed by atoms with Gasteiger partial charge in [0.1, 0.15) is 5.60 Å². The molecule has 0 bridgehead atoms. The van der Waals surface area contributed by atoms with E-state index < -0.39 is 11.7 Å². The van der Waals surface area contributed by atoms with Gasteiger partial charge in [-0.3, -0.25) is 5.32 Å². The van der Waals surface area contributed by atoms with E-state index in [9.17, 15) is 4.79 Å². The first-order valence-electron chi connectivity index (χ1n) is 5.81. The molecule has 4 N–H and O–H groups in total. The zero-order chi connectivity index (χ0) is 13.8.